The number of nitrogens with two attached hydrogens (primary N) is 4. The fourth-order valence-corrected chi connectivity index (χ4v) is 21.8. The van der Waals surface area contributed by atoms with E-state index in [9.17, 15) is 20.2 Å². The van der Waals surface area contributed by atoms with E-state index in [0.717, 1.165) is 12.8 Å². The molecule has 6 heterocycles. The van der Waals surface area contributed by atoms with E-state index in [-0.39, 0.29) is 41.0 Å². The summed E-state index contributed by atoms with van der Waals surface area (Å²) < 4.78 is 6.10. The second-order valence-corrected chi connectivity index (χ2v) is 27.0. The Morgan fingerprint density at radius 1 is 0.556 bits per heavy atom. The van der Waals surface area contributed by atoms with Crippen molar-refractivity contribution in [2.45, 2.75) is 80.0 Å². The molecule has 63 heavy (non-hydrogen) atoms. The summed E-state index contributed by atoms with van der Waals surface area (Å²) in [5.41, 5.74) is 24.8. The van der Waals surface area contributed by atoms with E-state index in [1.165, 1.54) is 76.4 Å². The number of aliphatic hydroxyl groups is 1. The van der Waals surface area contributed by atoms with E-state index in [2.05, 4.69) is 63.9 Å². The third-order valence-electron chi connectivity index (χ3n) is 9.31. The van der Waals surface area contributed by atoms with E-state index < -0.39 is 28.2 Å². The van der Waals surface area contributed by atoms with Gasteiger partial charge >= 0.3 is 135 Å². The van der Waals surface area contributed by atoms with Crippen molar-refractivity contribution < 1.29 is 15.0 Å². The molecule has 6 aromatic rings. The van der Waals surface area contributed by atoms with Crippen LogP contribution < -0.4 is 26.6 Å². The van der Waals surface area contributed by atoms with Crippen LogP contribution in [0.4, 0.5) is 34.1 Å². The van der Waals surface area contributed by atoms with E-state index in [0.29, 0.717) is 22.8 Å². The molecule has 0 atom stereocenters. The number of unbranched alkanes of at least 4 members (excludes halogenated alkanes) is 3. The molecule has 338 valence electrons. The largest absolute Gasteiger partial charge is 0.400 e. The van der Waals surface area contributed by atoms with Gasteiger partial charge in [-0.15, -0.1) is 0 Å². The molecule has 0 saturated carbocycles. The van der Waals surface area contributed by atoms with Crippen molar-refractivity contribution in [1.29, 1.82) is 0 Å². The summed E-state index contributed by atoms with van der Waals surface area (Å²) >= 11 is 3.18. The van der Waals surface area contributed by atoms with Crippen molar-refractivity contribution in [2.75, 3.05) is 30.0 Å². The molecular formula is C44H61ClN12O5Sn. The molecule has 9 N–H and O–H groups in total. The first-order valence-corrected chi connectivity index (χ1v) is 27.9. The predicted molar refractivity (Wildman–Crippen MR) is 259 cm³/mol. The molecule has 6 rings (SSSR count). The number of rotatable bonds is 14. The Balaban J connectivity index is 0.000000418. The van der Waals surface area contributed by atoms with Gasteiger partial charge in [0.2, 0.25) is 5.15 Å². The zero-order chi connectivity index (χ0) is 45.9. The first kappa shape index (κ1) is 55.0. The van der Waals surface area contributed by atoms with Crippen LogP contribution in [0.1, 0.15) is 66.7 Å². The third-order valence-corrected chi connectivity index (χ3v) is 24.7. The molecule has 17 nitrogen and oxygen atoms in total. The number of nitrogens with zero attached hydrogens (tertiary/aromatic N) is 8. The molecule has 0 bridgehead atoms. The van der Waals surface area contributed by atoms with E-state index in [1.807, 2.05) is 24.4 Å². The first-order valence-electron chi connectivity index (χ1n) is 20.0. The van der Waals surface area contributed by atoms with Crippen molar-refractivity contribution in [2.24, 2.45) is 0 Å². The maximum absolute atomic E-state index is 10.9. The van der Waals surface area contributed by atoms with Gasteiger partial charge in [0.15, 0.2) is 5.69 Å². The minimum absolute atomic E-state index is 0. The molecule has 0 aliphatic carbocycles. The van der Waals surface area contributed by atoms with Crippen molar-refractivity contribution in [1.82, 2.24) is 29.9 Å². The van der Waals surface area contributed by atoms with Crippen LogP contribution in [-0.2, 0) is 0 Å². The normalized spacial score (nSPS) is 10.1. The molecule has 19 heteroatoms. The number of pyridine rings is 6. The van der Waals surface area contributed by atoms with Gasteiger partial charge in [-0.1, -0.05) is 31.2 Å². The van der Waals surface area contributed by atoms with Crippen molar-refractivity contribution in [3.05, 3.63) is 135 Å². The Hall–Kier alpha value is -6.05. The van der Waals surface area contributed by atoms with Gasteiger partial charge in [-0.3, -0.25) is 35.2 Å². The number of nitrogen functional groups attached to an aromatic ring is 4. The summed E-state index contributed by atoms with van der Waals surface area (Å²) in [5, 5.41) is 27.9. The molecule has 0 aliphatic rings. The summed E-state index contributed by atoms with van der Waals surface area (Å²) in [7, 11) is 1.00. The molecule has 0 amide bonds. The second-order valence-electron chi connectivity index (χ2n) is 13.5. The van der Waals surface area contributed by atoms with E-state index in [1.54, 1.807) is 46.6 Å². The van der Waals surface area contributed by atoms with Crippen LogP contribution in [0.2, 0.25) is 18.5 Å². The average Bonchev–Trinajstić information content (AvgIpc) is 3.29. The quantitative estimate of drug-likeness (QED) is 0.0294. The number of anilines is 4. The van der Waals surface area contributed by atoms with Gasteiger partial charge < -0.3 is 28.0 Å². The Kier molecular flexibility index (Phi) is 26.2. The van der Waals surface area contributed by atoms with Crippen molar-refractivity contribution >= 4 is 67.8 Å². The van der Waals surface area contributed by atoms with E-state index >= 15 is 0 Å². The van der Waals surface area contributed by atoms with Crippen molar-refractivity contribution in [3.63, 3.8) is 0 Å². The molecule has 0 radical (unpaired) electrons. The fraction of sp³-hybridized carbons (Fsp3) is 0.318. The van der Waals surface area contributed by atoms with Gasteiger partial charge in [0.25, 0.3) is 0 Å². The molecule has 6 aromatic heterocycles. The number of hydrogen-bond donors (Lipinski definition) is 5. The van der Waals surface area contributed by atoms with Crippen LogP contribution in [0, 0.1) is 20.2 Å². The van der Waals surface area contributed by atoms with E-state index in [4.69, 9.17) is 44.6 Å². The zero-order valence-electron chi connectivity index (χ0n) is 35.6. The summed E-state index contributed by atoms with van der Waals surface area (Å²) in [4.78, 5) is 44.5. The average molecular weight is 992 g/mol. The van der Waals surface area contributed by atoms with Gasteiger partial charge in [0.05, 0.1) is 32.6 Å². The van der Waals surface area contributed by atoms with Crippen LogP contribution in [0.25, 0.3) is 22.8 Å². The van der Waals surface area contributed by atoms with Gasteiger partial charge in [-0.2, -0.15) is 0 Å². The Bertz CT molecular complexity index is 2190. The third kappa shape index (κ3) is 17.3. The number of halogens is 1. The summed E-state index contributed by atoms with van der Waals surface area (Å²) in [6, 6.07) is 21.7. The minimum Gasteiger partial charge on any atom is -0.400 e. The van der Waals surface area contributed by atoms with Crippen molar-refractivity contribution in [3.8, 4) is 22.8 Å². The molecule has 0 spiro atoms. The van der Waals surface area contributed by atoms with Crippen LogP contribution in [-0.4, -0.2) is 70.3 Å². The fourth-order valence-electron chi connectivity index (χ4n) is 6.15. The molecule has 0 unspecified atom stereocenters. The zero-order valence-corrected chi connectivity index (χ0v) is 39.2. The van der Waals surface area contributed by atoms with Crippen LogP contribution in [0.3, 0.4) is 0 Å². The van der Waals surface area contributed by atoms with Crippen LogP contribution >= 0.6 is 11.6 Å². The first-order chi connectivity index (χ1) is 29.9. The summed E-state index contributed by atoms with van der Waals surface area (Å²) in [5.74, 6) is 0. The second kappa shape index (κ2) is 30.1. The number of nitro groups is 2. The maximum atomic E-state index is 10.9. The molecular weight excluding hydrogens is 931 g/mol. The molecule has 0 aromatic carbocycles. The Morgan fingerprint density at radius 2 is 0.968 bits per heavy atom. The van der Waals surface area contributed by atoms with Gasteiger partial charge in [0.1, 0.15) is 17.1 Å². The number of hydrogen-bond acceptors (Lipinski definition) is 15. The predicted octanol–water partition coefficient (Wildman–Crippen LogP) is 9.55. The number of aromatic nitrogens is 6. The standard InChI is InChI=1S/C10H8N4O2.C10H10N4.C5H4ClN3O2.C5H4N.3C4H9.CH4O.CH4.Sn/c11-7-4-6-13-9(10(7)14(15)16)8-3-1-2-5-12-8;11-7-4-6-14-10(9(7)12)8-3-1-2-5-13-8;6-5-4(9(10)11)3(7)1-2-8-5;1-2-4-6-5-3-1;3*1-3-4-2;1-2;;/h1-6H,(H2,11,13);1-6H,12H2,(H2,11,14);1-2H,(H2,7,8);1-4H;3*1,3-4H2,2H3;2H,1H3;1H4;. The molecule has 0 fully saturated rings. The van der Waals surface area contributed by atoms with Gasteiger partial charge in [0, 0.05) is 38.1 Å². The molecule has 0 saturated heterocycles. The maximum Gasteiger partial charge on any atom is 0.329 e. The Morgan fingerprint density at radius 3 is 1.37 bits per heavy atom. The monoisotopic (exact) mass is 992 g/mol. The number of aliphatic hydroxyl groups excluding tert-OH is 1. The molecule has 0 aliphatic heterocycles. The topological polar surface area (TPSA) is 288 Å². The summed E-state index contributed by atoms with van der Waals surface area (Å²) in [6.07, 6.45) is 17.9. The SMILES string of the molecule is C.CCC[CH2][Sn]([CH2]CCC)([CH2]CCC)[c]1ccccn1.CO.Nc1ccnc(-c2ccccn2)c1N.Nc1ccnc(-c2ccccn2)c1[N+](=O)[O-].Nc1ccnc(Cl)c1[N+](=O)[O-]. The van der Waals surface area contributed by atoms with Crippen LogP contribution in [0.15, 0.2) is 110 Å². The van der Waals surface area contributed by atoms with Crippen LogP contribution in [0.5, 0.6) is 0 Å². The van der Waals surface area contributed by atoms with Gasteiger partial charge in [-0.25, -0.2) is 9.97 Å². The Labute approximate surface area is 379 Å². The smallest absolute Gasteiger partial charge is 0.329 e. The summed E-state index contributed by atoms with van der Waals surface area (Å²) in [6.45, 7) is 6.98. The minimum atomic E-state index is -2.21. The van der Waals surface area contributed by atoms with Gasteiger partial charge in [-0.05, 0) is 42.5 Å².